The Morgan fingerprint density at radius 1 is 1.29 bits per heavy atom. The average Bonchev–Trinajstić information content (AvgIpc) is 2.95. The zero-order valence-electron chi connectivity index (χ0n) is 13.1. The Morgan fingerprint density at radius 2 is 2.08 bits per heavy atom. The number of hydrogen-bond acceptors (Lipinski definition) is 3. The van der Waals surface area contributed by atoms with E-state index in [-0.39, 0.29) is 11.8 Å². The molecule has 0 unspecified atom stereocenters. The van der Waals surface area contributed by atoms with Gasteiger partial charge in [-0.05, 0) is 48.7 Å². The van der Waals surface area contributed by atoms with Crippen LogP contribution in [0.1, 0.15) is 18.4 Å². The molecule has 1 aromatic carbocycles. The first kappa shape index (κ1) is 16.5. The molecule has 6 heteroatoms. The molecule has 2 aromatic rings. The standard InChI is InChI=1S/C18H18ClN3O2/c19-14-2-1-3-15(12-14)22-11-8-16(18(22)24)21-17(23)5-4-13-6-9-20-10-7-13/h1-3,6-7,9-10,12,16H,4-5,8,11H2,(H,21,23)/t16-/m0/s1. The summed E-state index contributed by atoms with van der Waals surface area (Å²) in [5.41, 5.74) is 1.82. The monoisotopic (exact) mass is 343 g/mol. The molecule has 0 bridgehead atoms. The van der Waals surface area contributed by atoms with E-state index in [2.05, 4.69) is 10.3 Å². The molecule has 0 spiro atoms. The summed E-state index contributed by atoms with van der Waals surface area (Å²) in [7, 11) is 0. The molecule has 1 aliphatic heterocycles. The summed E-state index contributed by atoms with van der Waals surface area (Å²) in [5, 5.41) is 3.42. The van der Waals surface area contributed by atoms with Crippen LogP contribution in [0.25, 0.3) is 0 Å². The highest BCUT2D eigenvalue weighted by Crippen LogP contribution is 2.24. The average molecular weight is 344 g/mol. The van der Waals surface area contributed by atoms with Crippen LogP contribution in [0.3, 0.4) is 0 Å². The lowest BCUT2D eigenvalue weighted by molar-refractivity contribution is -0.126. The minimum absolute atomic E-state index is 0.0884. The molecule has 1 saturated heterocycles. The lowest BCUT2D eigenvalue weighted by Crippen LogP contribution is -2.41. The molecule has 1 fully saturated rings. The highest BCUT2D eigenvalue weighted by molar-refractivity contribution is 6.31. The zero-order chi connectivity index (χ0) is 16.9. The second kappa shape index (κ2) is 7.45. The van der Waals surface area contributed by atoms with Crippen molar-refractivity contribution in [3.05, 3.63) is 59.4 Å². The molecule has 3 rings (SSSR count). The molecule has 5 nitrogen and oxygen atoms in total. The summed E-state index contributed by atoms with van der Waals surface area (Å²) < 4.78 is 0. The second-order valence-corrected chi connectivity index (χ2v) is 6.17. The number of nitrogens with one attached hydrogen (secondary N) is 1. The van der Waals surface area contributed by atoms with Gasteiger partial charge in [0.05, 0.1) is 0 Å². The van der Waals surface area contributed by atoms with Crippen LogP contribution in [0.5, 0.6) is 0 Å². The van der Waals surface area contributed by atoms with Crippen LogP contribution >= 0.6 is 11.6 Å². The fraction of sp³-hybridized carbons (Fsp3) is 0.278. The first-order chi connectivity index (χ1) is 11.6. The van der Waals surface area contributed by atoms with Crippen molar-refractivity contribution in [2.45, 2.75) is 25.3 Å². The van der Waals surface area contributed by atoms with Crippen LogP contribution < -0.4 is 10.2 Å². The van der Waals surface area contributed by atoms with Crippen LogP contribution in [-0.2, 0) is 16.0 Å². The molecule has 24 heavy (non-hydrogen) atoms. The van der Waals surface area contributed by atoms with Gasteiger partial charge in [-0.3, -0.25) is 14.6 Å². The maximum absolute atomic E-state index is 12.5. The van der Waals surface area contributed by atoms with Crippen molar-refractivity contribution in [1.29, 1.82) is 0 Å². The van der Waals surface area contributed by atoms with E-state index in [4.69, 9.17) is 11.6 Å². The predicted molar refractivity (Wildman–Crippen MR) is 92.9 cm³/mol. The van der Waals surface area contributed by atoms with Crippen LogP contribution in [0.15, 0.2) is 48.8 Å². The number of benzene rings is 1. The summed E-state index contributed by atoms with van der Waals surface area (Å²) in [6.45, 7) is 0.578. The number of pyridine rings is 1. The van der Waals surface area contributed by atoms with E-state index in [0.717, 1.165) is 11.3 Å². The lowest BCUT2D eigenvalue weighted by atomic mass is 10.1. The SMILES string of the molecule is O=C(CCc1ccncc1)N[C@H]1CCN(c2cccc(Cl)c2)C1=O. The van der Waals surface area contributed by atoms with E-state index >= 15 is 0 Å². The van der Waals surface area contributed by atoms with Crippen molar-refractivity contribution in [3.8, 4) is 0 Å². The number of anilines is 1. The van der Waals surface area contributed by atoms with Crippen LogP contribution in [0, 0.1) is 0 Å². The van der Waals surface area contributed by atoms with Crippen molar-refractivity contribution in [3.63, 3.8) is 0 Å². The number of nitrogens with zero attached hydrogens (tertiary/aromatic N) is 2. The Morgan fingerprint density at radius 3 is 2.83 bits per heavy atom. The number of amides is 2. The van der Waals surface area contributed by atoms with Gasteiger partial charge >= 0.3 is 0 Å². The number of carbonyl (C=O) groups excluding carboxylic acids is 2. The first-order valence-corrected chi connectivity index (χ1v) is 8.26. The van der Waals surface area contributed by atoms with Gasteiger partial charge in [0, 0.05) is 36.1 Å². The quantitative estimate of drug-likeness (QED) is 0.907. The van der Waals surface area contributed by atoms with E-state index in [1.807, 2.05) is 24.3 Å². The predicted octanol–water partition coefficient (Wildman–Crippen LogP) is 2.59. The Labute approximate surface area is 145 Å². The van der Waals surface area contributed by atoms with Crippen molar-refractivity contribution in [2.75, 3.05) is 11.4 Å². The minimum atomic E-state index is -0.464. The van der Waals surface area contributed by atoms with E-state index in [0.29, 0.717) is 30.8 Å². The number of halogens is 1. The van der Waals surface area contributed by atoms with E-state index in [1.165, 1.54) is 0 Å². The van der Waals surface area contributed by atoms with E-state index < -0.39 is 6.04 Å². The molecule has 2 amide bonds. The fourth-order valence-corrected chi connectivity index (χ4v) is 2.97. The van der Waals surface area contributed by atoms with Gasteiger partial charge in [-0.25, -0.2) is 0 Å². The molecular formula is C18H18ClN3O2. The van der Waals surface area contributed by atoms with Gasteiger partial charge in [-0.15, -0.1) is 0 Å². The number of aromatic nitrogens is 1. The Kier molecular flexibility index (Phi) is 5.11. The molecule has 0 radical (unpaired) electrons. The van der Waals surface area contributed by atoms with E-state index in [9.17, 15) is 9.59 Å². The van der Waals surface area contributed by atoms with Crippen molar-refractivity contribution in [1.82, 2.24) is 10.3 Å². The van der Waals surface area contributed by atoms with E-state index in [1.54, 1.807) is 29.4 Å². The number of hydrogen-bond donors (Lipinski definition) is 1. The fourth-order valence-electron chi connectivity index (χ4n) is 2.79. The minimum Gasteiger partial charge on any atom is -0.344 e. The van der Waals surface area contributed by atoms with Crippen molar-refractivity contribution in [2.24, 2.45) is 0 Å². The maximum atomic E-state index is 12.5. The van der Waals surface area contributed by atoms with Gasteiger partial charge in [0.1, 0.15) is 6.04 Å². The van der Waals surface area contributed by atoms with Gasteiger partial charge < -0.3 is 10.2 Å². The molecule has 124 valence electrons. The van der Waals surface area contributed by atoms with Crippen molar-refractivity contribution >= 4 is 29.1 Å². The number of aryl methyl sites for hydroxylation is 1. The summed E-state index contributed by atoms with van der Waals surface area (Å²) in [6.07, 6.45) is 5.00. The third-order valence-electron chi connectivity index (χ3n) is 4.05. The van der Waals surface area contributed by atoms with Crippen molar-refractivity contribution < 1.29 is 9.59 Å². The summed E-state index contributed by atoms with van der Waals surface area (Å²) in [4.78, 5) is 30.2. The summed E-state index contributed by atoms with van der Waals surface area (Å²) in [5.74, 6) is -0.201. The molecule has 2 heterocycles. The normalized spacial score (nSPS) is 17.1. The van der Waals surface area contributed by atoms with Gasteiger partial charge in [-0.2, -0.15) is 0 Å². The zero-order valence-corrected chi connectivity index (χ0v) is 13.9. The molecule has 0 aliphatic carbocycles. The van der Waals surface area contributed by atoms with Gasteiger partial charge in [0.15, 0.2) is 0 Å². The third-order valence-corrected chi connectivity index (χ3v) is 4.29. The van der Waals surface area contributed by atoms with Crippen LogP contribution in [-0.4, -0.2) is 29.4 Å². The lowest BCUT2D eigenvalue weighted by Gasteiger charge is -2.17. The maximum Gasteiger partial charge on any atom is 0.249 e. The molecule has 1 aromatic heterocycles. The van der Waals surface area contributed by atoms with Gasteiger partial charge in [-0.1, -0.05) is 17.7 Å². The molecule has 1 atom stereocenters. The highest BCUT2D eigenvalue weighted by atomic mass is 35.5. The molecule has 0 saturated carbocycles. The largest absolute Gasteiger partial charge is 0.344 e. The highest BCUT2D eigenvalue weighted by Gasteiger charge is 2.33. The Bertz CT molecular complexity index is 736. The molecular weight excluding hydrogens is 326 g/mol. The second-order valence-electron chi connectivity index (χ2n) is 5.73. The number of rotatable bonds is 5. The first-order valence-electron chi connectivity index (χ1n) is 7.89. The Hall–Kier alpha value is -2.40. The third kappa shape index (κ3) is 3.92. The number of carbonyl (C=O) groups is 2. The Balaban J connectivity index is 1.54. The topological polar surface area (TPSA) is 62.3 Å². The van der Waals surface area contributed by atoms with Gasteiger partial charge in [0.25, 0.3) is 0 Å². The summed E-state index contributed by atoms with van der Waals surface area (Å²) >= 11 is 5.98. The van der Waals surface area contributed by atoms with Crippen LogP contribution in [0.2, 0.25) is 5.02 Å². The molecule has 1 N–H and O–H groups in total. The smallest absolute Gasteiger partial charge is 0.249 e. The molecule has 1 aliphatic rings. The summed E-state index contributed by atoms with van der Waals surface area (Å²) in [6, 6.07) is 10.5. The van der Waals surface area contributed by atoms with Gasteiger partial charge in [0.2, 0.25) is 11.8 Å². The van der Waals surface area contributed by atoms with Crippen LogP contribution in [0.4, 0.5) is 5.69 Å².